The number of unbranched alkanes of at least 4 members (excludes halogenated alkanes) is 2. The molecule has 4 aromatic heterocycles. The van der Waals surface area contributed by atoms with E-state index in [0.717, 1.165) is 58.8 Å². The summed E-state index contributed by atoms with van der Waals surface area (Å²) in [6.45, 7) is 1.42. The molecular formula is C43H39Cl4F2N5O3S3. The minimum absolute atomic E-state index is 0.168. The lowest BCUT2D eigenvalue weighted by Gasteiger charge is -2.15. The van der Waals surface area contributed by atoms with E-state index < -0.39 is 15.9 Å². The van der Waals surface area contributed by atoms with Crippen molar-refractivity contribution in [2.45, 2.75) is 68.4 Å². The molecule has 2 aliphatic carbocycles. The van der Waals surface area contributed by atoms with E-state index in [4.69, 9.17) is 56.6 Å². The molecule has 60 heavy (non-hydrogen) atoms. The predicted molar refractivity (Wildman–Crippen MR) is 242 cm³/mol. The van der Waals surface area contributed by atoms with Crippen molar-refractivity contribution in [3.63, 3.8) is 0 Å². The summed E-state index contributed by atoms with van der Waals surface area (Å²) in [7, 11) is -2.46. The van der Waals surface area contributed by atoms with Crippen LogP contribution in [0.2, 0.25) is 20.1 Å². The Hall–Kier alpha value is -3.37. The predicted octanol–water partition coefficient (Wildman–Crippen LogP) is 13.2. The van der Waals surface area contributed by atoms with Crippen molar-refractivity contribution in [1.29, 1.82) is 0 Å². The number of rotatable bonds is 13. The van der Waals surface area contributed by atoms with Crippen LogP contribution in [0.4, 0.5) is 8.78 Å². The van der Waals surface area contributed by atoms with Gasteiger partial charge in [0.05, 0.1) is 42.6 Å². The summed E-state index contributed by atoms with van der Waals surface area (Å²) in [6.07, 6.45) is 9.69. The van der Waals surface area contributed by atoms with E-state index in [-0.39, 0.29) is 15.7 Å². The molecule has 314 valence electrons. The van der Waals surface area contributed by atoms with Crippen molar-refractivity contribution in [3.05, 3.63) is 120 Å². The van der Waals surface area contributed by atoms with Crippen LogP contribution in [-0.4, -0.2) is 57.6 Å². The van der Waals surface area contributed by atoms with Gasteiger partial charge in [0.1, 0.15) is 27.3 Å². The molecular weight excluding hydrogens is 911 g/mol. The second-order valence-electron chi connectivity index (χ2n) is 14.9. The first-order valence-electron chi connectivity index (χ1n) is 19.5. The zero-order valence-corrected chi connectivity index (χ0v) is 37.8. The molecule has 0 saturated carbocycles. The van der Waals surface area contributed by atoms with Crippen LogP contribution in [0.5, 0.6) is 0 Å². The van der Waals surface area contributed by atoms with Crippen molar-refractivity contribution in [1.82, 2.24) is 24.5 Å². The number of allylic oxidation sites excluding steroid dienone is 2. The standard InChI is InChI=1S/C43H39Cl4F2N5O3S3/c1-52(19-4-2-12-33(48)38-29-10-6-8-25-18-21-58-42(25)40(29)53(50-38)35-16-14-27(44)23-31(35)46)20-5-3-13-34(49)39-30-11-7-9-26-22-37(60(55,56)57)59-43(26)41(30)54(51-39)36-17-15-28(45)24-32(36)47/h12-18,21-24H,2-11,19-20H2,1H3,(H,55,56,57). The third-order valence-electron chi connectivity index (χ3n) is 10.8. The minimum Gasteiger partial charge on any atom is -0.306 e. The van der Waals surface area contributed by atoms with E-state index in [1.807, 2.05) is 13.1 Å². The largest absolute Gasteiger partial charge is 0.306 e. The van der Waals surface area contributed by atoms with Crippen LogP contribution in [-0.2, 0) is 35.8 Å². The van der Waals surface area contributed by atoms with Gasteiger partial charge in [0, 0.05) is 21.2 Å². The van der Waals surface area contributed by atoms with E-state index in [1.165, 1.54) is 17.7 Å². The Kier molecular flexibility index (Phi) is 13.1. The lowest BCUT2D eigenvalue weighted by atomic mass is 10.1. The summed E-state index contributed by atoms with van der Waals surface area (Å²) in [4.78, 5) is 3.82. The number of hydrogen-bond donors (Lipinski definition) is 1. The van der Waals surface area contributed by atoms with E-state index in [9.17, 15) is 13.0 Å². The van der Waals surface area contributed by atoms with Gasteiger partial charge in [0.15, 0.2) is 0 Å². The van der Waals surface area contributed by atoms with Crippen LogP contribution < -0.4 is 0 Å². The number of benzene rings is 2. The molecule has 0 atom stereocenters. The fraction of sp³-hybridized carbons (Fsp3) is 0.302. The molecule has 0 radical (unpaired) electrons. The number of nitrogens with zero attached hydrogens (tertiary/aromatic N) is 5. The van der Waals surface area contributed by atoms with Crippen LogP contribution in [0, 0.1) is 0 Å². The number of aryl methyl sites for hydroxylation is 2. The zero-order chi connectivity index (χ0) is 42.3. The van der Waals surface area contributed by atoms with Gasteiger partial charge in [-0.3, -0.25) is 4.55 Å². The maximum atomic E-state index is 16.2. The lowest BCUT2D eigenvalue weighted by Crippen LogP contribution is -2.20. The second kappa shape index (κ2) is 18.2. The third-order valence-corrected chi connectivity index (χ3v) is 15.3. The molecule has 2 aliphatic rings. The van der Waals surface area contributed by atoms with Gasteiger partial charge < -0.3 is 4.90 Å². The molecule has 4 heterocycles. The first kappa shape index (κ1) is 43.3. The average Bonchev–Trinajstić information content (AvgIpc) is 3.96. The molecule has 0 fully saturated rings. The van der Waals surface area contributed by atoms with Gasteiger partial charge in [-0.05, 0) is 162 Å². The summed E-state index contributed by atoms with van der Waals surface area (Å²) in [5.41, 5.74) is 6.53. The molecule has 0 amide bonds. The molecule has 6 aromatic rings. The SMILES string of the molecule is CN(CCCC=C(F)c1nn(-c2ccc(Cl)cc2Cl)c2c1CCCc1ccsc1-2)CCCC=C(F)c1nn(-c2ccc(Cl)cc2Cl)c2c1CCCc1cc(S(=O)(=O)O)sc1-2. The highest BCUT2D eigenvalue weighted by Crippen LogP contribution is 2.45. The van der Waals surface area contributed by atoms with Crippen LogP contribution in [0.25, 0.3) is 44.2 Å². The molecule has 0 bridgehead atoms. The smallest absolute Gasteiger partial charge is 0.304 e. The average molecular weight is 950 g/mol. The molecule has 0 unspecified atom stereocenters. The Morgan fingerprint density at radius 2 is 1.28 bits per heavy atom. The summed E-state index contributed by atoms with van der Waals surface area (Å²) in [5, 5.41) is 13.2. The van der Waals surface area contributed by atoms with Crippen LogP contribution in [0.15, 0.2) is 70.3 Å². The maximum absolute atomic E-state index is 16.2. The summed E-state index contributed by atoms with van der Waals surface area (Å²) >= 11 is 28.2. The van der Waals surface area contributed by atoms with Gasteiger partial charge in [-0.2, -0.15) is 18.6 Å². The topological polar surface area (TPSA) is 93.3 Å². The summed E-state index contributed by atoms with van der Waals surface area (Å²) < 4.78 is 69.4. The van der Waals surface area contributed by atoms with Gasteiger partial charge >= 0.3 is 10.1 Å². The number of fused-ring (bicyclic) bond motifs is 6. The highest BCUT2D eigenvalue weighted by Gasteiger charge is 2.31. The molecule has 2 aromatic carbocycles. The molecule has 8 nitrogen and oxygen atoms in total. The Balaban J connectivity index is 0.936. The zero-order valence-electron chi connectivity index (χ0n) is 32.3. The van der Waals surface area contributed by atoms with E-state index in [2.05, 4.69) is 16.3 Å². The van der Waals surface area contributed by atoms with Crippen molar-refractivity contribution in [2.75, 3.05) is 20.1 Å². The minimum atomic E-state index is -4.45. The number of thiophene rings is 2. The highest BCUT2D eigenvalue weighted by molar-refractivity contribution is 7.88. The number of halogens is 6. The second-order valence-corrected chi connectivity index (χ2v) is 20.2. The highest BCUT2D eigenvalue weighted by atomic mass is 35.5. The van der Waals surface area contributed by atoms with Gasteiger partial charge in [-0.15, -0.1) is 22.7 Å². The van der Waals surface area contributed by atoms with Crippen molar-refractivity contribution >= 4 is 90.8 Å². The van der Waals surface area contributed by atoms with Gasteiger partial charge in [-0.1, -0.05) is 46.4 Å². The number of hydrogen-bond acceptors (Lipinski definition) is 7. The lowest BCUT2D eigenvalue weighted by molar-refractivity contribution is 0.326. The molecule has 17 heteroatoms. The van der Waals surface area contributed by atoms with Gasteiger partial charge in [0.25, 0.3) is 0 Å². The third kappa shape index (κ3) is 8.93. The van der Waals surface area contributed by atoms with Crippen molar-refractivity contribution < 1.29 is 21.8 Å². The Bertz CT molecular complexity index is 2770. The molecule has 0 spiro atoms. The molecule has 1 N–H and O–H groups in total. The molecule has 0 aliphatic heterocycles. The molecule has 0 saturated heterocycles. The van der Waals surface area contributed by atoms with Crippen molar-refractivity contribution in [2.24, 2.45) is 0 Å². The van der Waals surface area contributed by atoms with Crippen LogP contribution in [0.1, 0.15) is 72.2 Å². The monoisotopic (exact) mass is 947 g/mol. The maximum Gasteiger partial charge on any atom is 0.304 e. The van der Waals surface area contributed by atoms with Gasteiger partial charge in [-0.25, -0.2) is 18.1 Å². The van der Waals surface area contributed by atoms with Gasteiger partial charge in [0.2, 0.25) is 0 Å². The fourth-order valence-electron chi connectivity index (χ4n) is 7.93. The van der Waals surface area contributed by atoms with Crippen molar-refractivity contribution in [3.8, 4) is 32.5 Å². The van der Waals surface area contributed by atoms with Crippen LogP contribution in [0.3, 0.4) is 0 Å². The summed E-state index contributed by atoms with van der Waals surface area (Å²) in [5.74, 6) is -0.839. The normalized spacial score (nSPS) is 14.5. The molecule has 8 rings (SSSR count). The Morgan fingerprint density at radius 1 is 0.767 bits per heavy atom. The first-order chi connectivity index (χ1) is 28.8. The summed E-state index contributed by atoms with van der Waals surface area (Å²) in [6, 6.07) is 13.8. The number of aromatic nitrogens is 4. The van der Waals surface area contributed by atoms with E-state index >= 15 is 8.78 Å². The van der Waals surface area contributed by atoms with Crippen LogP contribution >= 0.6 is 69.1 Å². The first-order valence-corrected chi connectivity index (χ1v) is 24.2. The van der Waals surface area contributed by atoms with E-state index in [1.54, 1.807) is 57.1 Å². The Morgan fingerprint density at radius 3 is 1.80 bits per heavy atom. The fourth-order valence-corrected chi connectivity index (χ4v) is 11.9. The van der Waals surface area contributed by atoms with E-state index in [0.29, 0.717) is 105 Å². The Labute approximate surface area is 375 Å². The quantitative estimate of drug-likeness (QED) is 0.0916.